The quantitative estimate of drug-likeness (QED) is 0.535. The molecular weight excluding hydrogens is 386 g/mol. The van der Waals surface area contributed by atoms with Crippen molar-refractivity contribution in [2.24, 2.45) is 0 Å². The molecule has 136 valence electrons. The number of H-pyrrole nitrogens is 1. The minimum Gasteiger partial charge on any atom is -0.408 e. The fraction of sp³-hybridized carbons (Fsp3) is 0.105. The van der Waals surface area contributed by atoms with Crippen LogP contribution in [-0.4, -0.2) is 15.9 Å². The number of halogens is 1. The van der Waals surface area contributed by atoms with Crippen LogP contribution >= 0.6 is 22.9 Å². The number of carbonyl (C=O) groups excluding carboxylic acids is 1. The summed E-state index contributed by atoms with van der Waals surface area (Å²) < 4.78 is 5.08. The highest BCUT2D eigenvalue weighted by atomic mass is 35.5. The molecule has 2 N–H and O–H groups in total. The first kappa shape index (κ1) is 17.5. The minimum atomic E-state index is -0.482. The Bertz CT molecular complexity index is 1160. The second-order valence-corrected chi connectivity index (χ2v) is 7.31. The third-order valence-corrected chi connectivity index (χ3v) is 5.08. The second kappa shape index (κ2) is 7.38. The predicted molar refractivity (Wildman–Crippen MR) is 105 cm³/mol. The fourth-order valence-corrected chi connectivity index (χ4v) is 3.52. The minimum absolute atomic E-state index is 0.0791. The van der Waals surface area contributed by atoms with Crippen molar-refractivity contribution in [2.45, 2.75) is 13.0 Å². The number of benzene rings is 2. The Hall–Kier alpha value is -2.90. The fourth-order valence-electron chi connectivity index (χ4n) is 2.65. The SMILES string of the molecule is O=C(Cc1ccc(Cl)cc1)NCc1nc(-c2ccc3[nH]c(=O)oc3c2)cs1. The zero-order chi connectivity index (χ0) is 18.8. The summed E-state index contributed by atoms with van der Waals surface area (Å²) in [5.74, 6) is -0.561. The van der Waals surface area contributed by atoms with E-state index in [9.17, 15) is 9.59 Å². The van der Waals surface area contributed by atoms with Crippen LogP contribution in [0.15, 0.2) is 57.1 Å². The molecule has 8 heteroatoms. The van der Waals surface area contributed by atoms with E-state index in [1.165, 1.54) is 11.3 Å². The highest BCUT2D eigenvalue weighted by Gasteiger charge is 2.09. The molecule has 0 radical (unpaired) electrons. The number of oxazole rings is 1. The van der Waals surface area contributed by atoms with Gasteiger partial charge in [-0.3, -0.25) is 9.78 Å². The van der Waals surface area contributed by atoms with E-state index in [1.54, 1.807) is 24.3 Å². The molecule has 0 spiro atoms. The summed E-state index contributed by atoms with van der Waals surface area (Å²) in [5, 5.41) is 6.22. The Kier molecular flexibility index (Phi) is 4.79. The molecule has 0 fully saturated rings. The normalized spacial score (nSPS) is 11.0. The number of amides is 1. The molecule has 0 saturated heterocycles. The molecular formula is C19H14ClN3O3S. The first-order chi connectivity index (χ1) is 13.1. The first-order valence-corrected chi connectivity index (χ1v) is 9.41. The number of hydrogen-bond acceptors (Lipinski definition) is 5. The lowest BCUT2D eigenvalue weighted by atomic mass is 10.1. The van der Waals surface area contributed by atoms with Gasteiger partial charge in [0.1, 0.15) is 5.01 Å². The van der Waals surface area contributed by atoms with E-state index < -0.39 is 5.76 Å². The number of nitrogens with one attached hydrogen (secondary N) is 2. The van der Waals surface area contributed by atoms with Crippen molar-refractivity contribution < 1.29 is 9.21 Å². The third-order valence-electron chi connectivity index (χ3n) is 3.98. The Labute approximate surface area is 162 Å². The van der Waals surface area contributed by atoms with Gasteiger partial charge in [0.2, 0.25) is 5.91 Å². The molecule has 0 aliphatic rings. The van der Waals surface area contributed by atoms with Gasteiger partial charge < -0.3 is 9.73 Å². The summed E-state index contributed by atoms with van der Waals surface area (Å²) in [6.07, 6.45) is 0.290. The average Bonchev–Trinajstić information content (AvgIpc) is 3.26. The van der Waals surface area contributed by atoms with Gasteiger partial charge in [0.15, 0.2) is 5.58 Å². The maximum atomic E-state index is 12.1. The molecule has 0 unspecified atom stereocenters. The van der Waals surface area contributed by atoms with Crippen LogP contribution < -0.4 is 11.1 Å². The number of nitrogens with zero attached hydrogens (tertiary/aromatic N) is 1. The summed E-state index contributed by atoms with van der Waals surface area (Å²) in [7, 11) is 0. The molecule has 0 aliphatic heterocycles. The maximum Gasteiger partial charge on any atom is 0.417 e. The van der Waals surface area contributed by atoms with E-state index in [4.69, 9.17) is 16.0 Å². The van der Waals surface area contributed by atoms with Gasteiger partial charge in [-0.1, -0.05) is 29.8 Å². The van der Waals surface area contributed by atoms with Gasteiger partial charge in [-0.05, 0) is 29.8 Å². The third kappa shape index (κ3) is 4.10. The molecule has 2 aromatic carbocycles. The van der Waals surface area contributed by atoms with Gasteiger partial charge in [0.25, 0.3) is 0 Å². The van der Waals surface area contributed by atoms with Crippen LogP contribution in [0.2, 0.25) is 5.02 Å². The standard InChI is InChI=1S/C19H14ClN3O3S/c20-13-4-1-11(2-5-13)7-17(24)21-9-18-22-15(10-27-18)12-3-6-14-16(8-12)26-19(25)23-14/h1-6,8,10H,7,9H2,(H,21,24)(H,23,25). The van der Waals surface area contributed by atoms with Crippen molar-refractivity contribution in [1.29, 1.82) is 0 Å². The number of rotatable bonds is 5. The number of fused-ring (bicyclic) bond motifs is 1. The molecule has 2 aromatic heterocycles. The van der Waals surface area contributed by atoms with Crippen LogP contribution in [0.5, 0.6) is 0 Å². The van der Waals surface area contributed by atoms with Crippen LogP contribution in [0.3, 0.4) is 0 Å². The number of aromatic amines is 1. The van der Waals surface area contributed by atoms with Gasteiger partial charge >= 0.3 is 5.76 Å². The molecule has 0 aliphatic carbocycles. The second-order valence-electron chi connectivity index (χ2n) is 5.93. The van der Waals surface area contributed by atoms with Gasteiger partial charge in [-0.2, -0.15) is 0 Å². The highest BCUT2D eigenvalue weighted by Crippen LogP contribution is 2.24. The van der Waals surface area contributed by atoms with E-state index in [0.717, 1.165) is 21.8 Å². The largest absolute Gasteiger partial charge is 0.417 e. The van der Waals surface area contributed by atoms with Crippen molar-refractivity contribution in [3.8, 4) is 11.3 Å². The van der Waals surface area contributed by atoms with Crippen molar-refractivity contribution in [1.82, 2.24) is 15.3 Å². The van der Waals surface area contributed by atoms with Crippen LogP contribution in [0, 0.1) is 0 Å². The summed E-state index contributed by atoms with van der Waals surface area (Å²) in [4.78, 5) is 30.5. The molecule has 6 nitrogen and oxygen atoms in total. The van der Waals surface area contributed by atoms with Crippen molar-refractivity contribution >= 4 is 39.9 Å². The van der Waals surface area contributed by atoms with Crippen molar-refractivity contribution in [2.75, 3.05) is 0 Å². The van der Waals surface area contributed by atoms with E-state index >= 15 is 0 Å². The van der Waals surface area contributed by atoms with Gasteiger partial charge in [0, 0.05) is 16.0 Å². The number of hydrogen-bond donors (Lipinski definition) is 2. The average molecular weight is 400 g/mol. The maximum absolute atomic E-state index is 12.1. The van der Waals surface area contributed by atoms with Gasteiger partial charge in [0.05, 0.1) is 24.2 Å². The number of aromatic nitrogens is 2. The zero-order valence-corrected chi connectivity index (χ0v) is 15.6. The molecule has 2 heterocycles. The van der Waals surface area contributed by atoms with Crippen molar-refractivity contribution in [3.05, 3.63) is 74.0 Å². The summed E-state index contributed by atoms with van der Waals surface area (Å²) >= 11 is 7.31. The Morgan fingerprint density at radius 2 is 2.04 bits per heavy atom. The van der Waals surface area contributed by atoms with E-state index in [-0.39, 0.29) is 5.91 Å². The van der Waals surface area contributed by atoms with E-state index in [1.807, 2.05) is 23.6 Å². The summed E-state index contributed by atoms with van der Waals surface area (Å²) in [6, 6.07) is 12.6. The summed E-state index contributed by atoms with van der Waals surface area (Å²) in [6.45, 7) is 0.360. The Morgan fingerprint density at radius 3 is 2.85 bits per heavy atom. The predicted octanol–water partition coefficient (Wildman–Crippen LogP) is 3.76. The number of carbonyl (C=O) groups is 1. The molecule has 0 atom stereocenters. The first-order valence-electron chi connectivity index (χ1n) is 8.15. The Morgan fingerprint density at radius 1 is 1.22 bits per heavy atom. The van der Waals surface area contributed by atoms with Crippen LogP contribution in [0.1, 0.15) is 10.6 Å². The van der Waals surface area contributed by atoms with Crippen LogP contribution in [0.25, 0.3) is 22.4 Å². The van der Waals surface area contributed by atoms with E-state index in [2.05, 4.69) is 15.3 Å². The zero-order valence-electron chi connectivity index (χ0n) is 14.0. The van der Waals surface area contributed by atoms with E-state index in [0.29, 0.717) is 29.1 Å². The lowest BCUT2D eigenvalue weighted by Gasteiger charge is -2.03. The molecule has 4 rings (SSSR count). The molecule has 0 saturated carbocycles. The molecule has 4 aromatic rings. The lowest BCUT2D eigenvalue weighted by molar-refractivity contribution is -0.120. The lowest BCUT2D eigenvalue weighted by Crippen LogP contribution is -2.24. The van der Waals surface area contributed by atoms with Crippen LogP contribution in [0.4, 0.5) is 0 Å². The monoisotopic (exact) mass is 399 g/mol. The van der Waals surface area contributed by atoms with Crippen LogP contribution in [-0.2, 0) is 17.8 Å². The van der Waals surface area contributed by atoms with Crippen molar-refractivity contribution in [3.63, 3.8) is 0 Å². The topological polar surface area (TPSA) is 88.0 Å². The molecule has 1 amide bonds. The number of thiazole rings is 1. The smallest absolute Gasteiger partial charge is 0.408 e. The molecule has 27 heavy (non-hydrogen) atoms. The summed E-state index contributed by atoms with van der Waals surface area (Å²) in [5.41, 5.74) is 3.66. The van der Waals surface area contributed by atoms with Gasteiger partial charge in [-0.25, -0.2) is 9.78 Å². The van der Waals surface area contributed by atoms with Gasteiger partial charge in [-0.15, -0.1) is 11.3 Å². The molecule has 0 bridgehead atoms. The highest BCUT2D eigenvalue weighted by molar-refractivity contribution is 7.09. The Balaban J connectivity index is 1.40.